The predicted octanol–water partition coefficient (Wildman–Crippen LogP) is 1.67. The van der Waals surface area contributed by atoms with E-state index in [2.05, 4.69) is 27.7 Å². The van der Waals surface area contributed by atoms with E-state index in [0.29, 0.717) is 0 Å². The van der Waals surface area contributed by atoms with Crippen LogP contribution in [0.15, 0.2) is 0 Å². The Labute approximate surface area is 167 Å². The average molecular weight is 427 g/mol. The fraction of sp³-hybridized carbons (Fsp3) is 1.00. The average Bonchev–Trinajstić information content (AvgIpc) is 2.53. The molecule has 0 aliphatic rings. The summed E-state index contributed by atoms with van der Waals surface area (Å²) < 4.78 is 35.4. The molecule has 0 radical (unpaired) electrons. The van der Waals surface area contributed by atoms with Gasteiger partial charge in [-0.15, -0.1) is 33.4 Å². The first-order valence-electron chi connectivity index (χ1n) is 9.25. The van der Waals surface area contributed by atoms with Gasteiger partial charge in [0.15, 0.2) is 0 Å². The highest BCUT2D eigenvalue weighted by molar-refractivity contribution is 6.40. The van der Waals surface area contributed by atoms with Crippen molar-refractivity contribution in [2.24, 2.45) is 0 Å². The molecule has 0 saturated carbocycles. The van der Waals surface area contributed by atoms with E-state index in [1.54, 1.807) is 0 Å². The molecule has 0 heterocycles. The molecule has 0 aromatic carbocycles. The second kappa shape index (κ2) is 21.0. The number of quaternary nitrogens is 1. The van der Waals surface area contributed by atoms with Crippen LogP contribution in [0.4, 0.5) is 0 Å². The zero-order valence-electron chi connectivity index (χ0n) is 16.4. The van der Waals surface area contributed by atoms with E-state index in [-0.39, 0.29) is 5.34 Å². The third-order valence-corrected chi connectivity index (χ3v) is 3.94. The van der Waals surface area contributed by atoms with Crippen LogP contribution in [-0.4, -0.2) is 36.0 Å². The molecule has 25 heavy (non-hydrogen) atoms. The smallest absolute Gasteiger partial charge is 0.0967 e. The summed E-state index contributed by atoms with van der Waals surface area (Å²) in [6.45, 7) is 15.0. The molecule has 0 atom stereocenters. The van der Waals surface area contributed by atoms with Crippen molar-refractivity contribution in [3.05, 3.63) is 0 Å². The molecular formula is C17H38Cl3NO4. The maximum atomic E-state index is 8.49. The van der Waals surface area contributed by atoms with E-state index in [1.807, 2.05) is 0 Å². The molecule has 0 N–H and O–H groups in total. The Bertz CT molecular complexity index is 211. The van der Waals surface area contributed by atoms with Crippen molar-refractivity contribution in [3.63, 3.8) is 0 Å². The van der Waals surface area contributed by atoms with Crippen molar-refractivity contribution < 1.29 is 33.4 Å². The van der Waals surface area contributed by atoms with Gasteiger partial charge in [-0.2, -0.15) is 0 Å². The summed E-state index contributed by atoms with van der Waals surface area (Å²) in [6, 6.07) is 0. The molecule has 0 saturated heterocycles. The molecule has 0 aliphatic heterocycles. The first-order valence-corrected chi connectivity index (χ1v) is 11.5. The lowest BCUT2D eigenvalue weighted by Gasteiger charge is -2.39. The fourth-order valence-corrected chi connectivity index (χ4v) is 2.64. The zero-order chi connectivity index (χ0) is 20.2. The molecule has 0 spiro atoms. The van der Waals surface area contributed by atoms with Crippen LogP contribution in [0.25, 0.3) is 0 Å². The zero-order valence-corrected chi connectivity index (χ0v) is 18.7. The maximum absolute atomic E-state index is 8.49. The minimum atomic E-state index is -4.94. The number of halogens is 3. The van der Waals surface area contributed by atoms with Gasteiger partial charge < -0.3 is 4.48 Å². The quantitative estimate of drug-likeness (QED) is 0.350. The predicted molar refractivity (Wildman–Crippen MR) is 95.9 cm³/mol. The number of rotatable bonds is 12. The summed E-state index contributed by atoms with van der Waals surface area (Å²) in [5, 5.41) is 0.194. The SMILES string of the molecule is CCCC[N+](CCCC)(CCCC)CCCC.ClCCl.[O-][Cl+3]([O-])([O-])[O-]. The van der Waals surface area contributed by atoms with E-state index in [1.165, 1.54) is 82.0 Å². The number of nitrogens with zero attached hydrogens (tertiary/aromatic N) is 1. The minimum absolute atomic E-state index is 0.194. The molecule has 0 aromatic heterocycles. The summed E-state index contributed by atoms with van der Waals surface area (Å²) in [5.74, 6) is 0. The Morgan fingerprint density at radius 2 is 0.760 bits per heavy atom. The number of alkyl halides is 2. The Morgan fingerprint density at radius 3 is 0.880 bits per heavy atom. The van der Waals surface area contributed by atoms with Crippen LogP contribution in [0, 0.1) is 10.2 Å². The van der Waals surface area contributed by atoms with Crippen molar-refractivity contribution in [3.8, 4) is 0 Å². The Balaban J connectivity index is -0.000000504. The molecule has 5 nitrogen and oxygen atoms in total. The van der Waals surface area contributed by atoms with Gasteiger partial charge in [-0.25, -0.2) is 18.6 Å². The normalized spacial score (nSPS) is 11.3. The molecule has 0 rings (SSSR count). The molecule has 0 aromatic rings. The van der Waals surface area contributed by atoms with Gasteiger partial charge in [0.25, 0.3) is 0 Å². The molecule has 0 unspecified atom stereocenters. The molecule has 0 bridgehead atoms. The van der Waals surface area contributed by atoms with Crippen molar-refractivity contribution in [2.75, 3.05) is 31.5 Å². The van der Waals surface area contributed by atoms with Crippen molar-refractivity contribution in [1.82, 2.24) is 0 Å². The Kier molecular flexibility index (Phi) is 25.5. The van der Waals surface area contributed by atoms with Crippen LogP contribution in [0.2, 0.25) is 0 Å². The third kappa shape index (κ3) is 29.7. The van der Waals surface area contributed by atoms with Gasteiger partial charge in [-0.3, -0.25) is 0 Å². The standard InChI is InChI=1S/C16H36N.CH2Cl2.ClHO4/c1-5-9-13-17(14-10-6-2,15-11-7-3)16-12-8-4;2-1-3;2-1(3,4)5/h5-16H2,1-4H3;1H2;(H,2,3,4,5)/q+1;;/p-1. The van der Waals surface area contributed by atoms with E-state index < -0.39 is 10.2 Å². The highest BCUT2D eigenvalue weighted by Crippen LogP contribution is 2.16. The topological polar surface area (TPSA) is 92.2 Å². The highest BCUT2D eigenvalue weighted by Gasteiger charge is 2.24. The van der Waals surface area contributed by atoms with Crippen molar-refractivity contribution in [1.29, 1.82) is 0 Å². The van der Waals surface area contributed by atoms with Crippen LogP contribution in [0.1, 0.15) is 79.1 Å². The van der Waals surface area contributed by atoms with Gasteiger partial charge >= 0.3 is 0 Å². The van der Waals surface area contributed by atoms with E-state index >= 15 is 0 Å². The van der Waals surface area contributed by atoms with E-state index in [4.69, 9.17) is 41.8 Å². The number of hydrogen-bond acceptors (Lipinski definition) is 4. The van der Waals surface area contributed by atoms with E-state index in [9.17, 15) is 0 Å². The Hall–Kier alpha value is 0.670. The van der Waals surface area contributed by atoms with Crippen molar-refractivity contribution >= 4 is 23.2 Å². The van der Waals surface area contributed by atoms with Gasteiger partial charge in [0, 0.05) is 0 Å². The summed E-state index contributed by atoms with van der Waals surface area (Å²) in [4.78, 5) is 0. The second-order valence-electron chi connectivity index (χ2n) is 6.13. The largest absolute Gasteiger partial charge is 0.324 e. The van der Waals surface area contributed by atoms with Gasteiger partial charge in [0.2, 0.25) is 0 Å². The lowest BCUT2D eigenvalue weighted by Crippen LogP contribution is -2.68. The summed E-state index contributed by atoms with van der Waals surface area (Å²) >= 11 is 9.53. The second-order valence-corrected chi connectivity index (χ2v) is 7.69. The maximum Gasteiger partial charge on any atom is 0.0967 e. The van der Waals surface area contributed by atoms with Crippen LogP contribution in [-0.2, 0) is 0 Å². The summed E-state index contributed by atoms with van der Waals surface area (Å²) in [6.07, 6.45) is 11.1. The van der Waals surface area contributed by atoms with Crippen LogP contribution < -0.4 is 18.6 Å². The van der Waals surface area contributed by atoms with E-state index in [0.717, 1.165) is 0 Å². The molecule has 0 aliphatic carbocycles. The van der Waals surface area contributed by atoms with Crippen LogP contribution in [0.3, 0.4) is 0 Å². The molecule has 156 valence electrons. The highest BCUT2D eigenvalue weighted by atomic mass is 35.7. The molecular weight excluding hydrogens is 389 g/mol. The molecule has 0 amide bonds. The lowest BCUT2D eigenvalue weighted by atomic mass is 10.1. The molecule has 0 fully saturated rings. The first-order chi connectivity index (χ1) is 11.7. The number of unbranched alkanes of at least 4 members (excludes halogenated alkanes) is 4. The Morgan fingerprint density at radius 1 is 0.600 bits per heavy atom. The van der Waals surface area contributed by atoms with Gasteiger partial charge in [-0.1, -0.05) is 53.4 Å². The summed E-state index contributed by atoms with van der Waals surface area (Å²) in [7, 11) is -4.94. The third-order valence-electron chi connectivity index (χ3n) is 3.94. The van der Waals surface area contributed by atoms with Crippen LogP contribution >= 0.6 is 23.2 Å². The fourth-order valence-electron chi connectivity index (χ4n) is 2.64. The first kappa shape index (κ1) is 30.4. The monoisotopic (exact) mass is 425 g/mol. The lowest BCUT2D eigenvalue weighted by molar-refractivity contribution is -2.00. The van der Waals surface area contributed by atoms with Gasteiger partial charge in [0.05, 0.1) is 31.5 Å². The summed E-state index contributed by atoms with van der Waals surface area (Å²) in [5.41, 5.74) is 0. The number of hydrogen-bond donors (Lipinski definition) is 0. The van der Waals surface area contributed by atoms with Gasteiger partial charge in [-0.05, 0) is 25.7 Å². The minimum Gasteiger partial charge on any atom is -0.324 e. The van der Waals surface area contributed by atoms with Crippen molar-refractivity contribution in [2.45, 2.75) is 79.1 Å². The van der Waals surface area contributed by atoms with Crippen LogP contribution in [0.5, 0.6) is 0 Å². The van der Waals surface area contributed by atoms with Gasteiger partial charge in [0.1, 0.15) is 0 Å². The molecule has 8 heteroatoms.